The number of rotatable bonds is 5. The van der Waals surface area contributed by atoms with Gasteiger partial charge in [0.05, 0.1) is 5.41 Å². The van der Waals surface area contributed by atoms with E-state index in [0.717, 1.165) is 43.9 Å². The van der Waals surface area contributed by atoms with E-state index in [0.29, 0.717) is 13.0 Å². The number of hydrogen-bond acceptors (Lipinski definition) is 3. The molecule has 2 fully saturated rings. The van der Waals surface area contributed by atoms with Gasteiger partial charge < -0.3 is 9.80 Å². The molecule has 2 heterocycles. The van der Waals surface area contributed by atoms with Crippen molar-refractivity contribution >= 4 is 23.6 Å². The van der Waals surface area contributed by atoms with Crippen LogP contribution in [0.2, 0.25) is 0 Å². The van der Waals surface area contributed by atoms with Gasteiger partial charge in [0.1, 0.15) is 0 Å². The normalized spacial score (nSPS) is 24.0. The Balaban J connectivity index is 1.44. The molecule has 2 amide bonds. The highest BCUT2D eigenvalue weighted by Gasteiger charge is 2.48. The number of benzene rings is 1. The summed E-state index contributed by atoms with van der Waals surface area (Å²) < 4.78 is 0. The minimum absolute atomic E-state index is 0.202. The van der Waals surface area contributed by atoms with Crippen LogP contribution in [0.25, 0.3) is 0 Å². The molecule has 1 unspecified atom stereocenters. The van der Waals surface area contributed by atoms with Gasteiger partial charge in [-0.3, -0.25) is 9.59 Å². The third-order valence-corrected chi connectivity index (χ3v) is 6.26. The molecule has 2 aliphatic heterocycles. The first-order valence-electron chi connectivity index (χ1n) is 8.76. The van der Waals surface area contributed by atoms with Crippen LogP contribution in [0.4, 0.5) is 0 Å². The molecule has 1 aromatic rings. The first-order valence-corrected chi connectivity index (χ1v) is 9.91. The second kappa shape index (κ2) is 7.60. The van der Waals surface area contributed by atoms with Crippen LogP contribution in [-0.2, 0) is 15.3 Å². The predicted octanol–water partition coefficient (Wildman–Crippen LogP) is 2.78. The Morgan fingerprint density at radius 3 is 2.79 bits per heavy atom. The fourth-order valence-corrected chi connectivity index (χ4v) is 4.71. The minimum atomic E-state index is -0.292. The Labute approximate surface area is 148 Å². The van der Waals surface area contributed by atoms with Crippen LogP contribution < -0.4 is 0 Å². The zero-order valence-electron chi connectivity index (χ0n) is 14.4. The van der Waals surface area contributed by atoms with Crippen LogP contribution in [0.15, 0.2) is 30.3 Å². The Morgan fingerprint density at radius 1 is 1.21 bits per heavy atom. The fourth-order valence-electron chi connectivity index (χ4n) is 3.81. The lowest BCUT2D eigenvalue weighted by Gasteiger charge is -2.37. The van der Waals surface area contributed by atoms with Crippen LogP contribution in [0.5, 0.6) is 0 Å². The van der Waals surface area contributed by atoms with Gasteiger partial charge in [-0.2, -0.15) is 11.8 Å². The summed E-state index contributed by atoms with van der Waals surface area (Å²) in [6.07, 6.45) is 3.39. The maximum atomic E-state index is 12.5. The van der Waals surface area contributed by atoms with Gasteiger partial charge in [0.15, 0.2) is 0 Å². The van der Waals surface area contributed by atoms with E-state index in [2.05, 4.69) is 12.1 Å². The zero-order chi connectivity index (χ0) is 17.0. The molecule has 24 heavy (non-hydrogen) atoms. The largest absolute Gasteiger partial charge is 0.345 e. The summed E-state index contributed by atoms with van der Waals surface area (Å²) in [6.45, 7) is 2.21. The van der Waals surface area contributed by atoms with Gasteiger partial charge in [-0.25, -0.2) is 0 Å². The van der Waals surface area contributed by atoms with Crippen molar-refractivity contribution in [1.29, 1.82) is 0 Å². The summed E-state index contributed by atoms with van der Waals surface area (Å²) in [7, 11) is 1.88. The highest BCUT2D eigenvalue weighted by molar-refractivity contribution is 7.98. The molecule has 1 spiro atoms. The first kappa shape index (κ1) is 17.3. The minimum Gasteiger partial charge on any atom is -0.345 e. The molecular weight excluding hydrogens is 320 g/mol. The summed E-state index contributed by atoms with van der Waals surface area (Å²) in [5.74, 6) is 2.22. The van der Waals surface area contributed by atoms with Gasteiger partial charge in [0.25, 0.3) is 0 Å². The van der Waals surface area contributed by atoms with Crippen LogP contribution in [-0.4, -0.2) is 54.0 Å². The first-order chi connectivity index (χ1) is 11.6. The standard InChI is InChI=1S/C19H26N2O2S/c1-20-11-5-9-19(18(20)23)10-12-21(15-19)17(22)8-13-24-14-16-6-3-2-4-7-16/h2-4,6-7H,5,8-15H2,1H3. The number of likely N-dealkylation sites (tertiary alicyclic amines) is 2. The molecule has 0 saturated carbocycles. The van der Waals surface area contributed by atoms with E-state index in [9.17, 15) is 9.59 Å². The van der Waals surface area contributed by atoms with E-state index in [4.69, 9.17) is 0 Å². The van der Waals surface area contributed by atoms with E-state index in [1.165, 1.54) is 5.56 Å². The molecule has 130 valence electrons. The third-order valence-electron chi connectivity index (χ3n) is 5.23. The number of amides is 2. The quantitative estimate of drug-likeness (QED) is 0.770. The van der Waals surface area contributed by atoms with Gasteiger partial charge in [-0.15, -0.1) is 0 Å². The van der Waals surface area contributed by atoms with Crippen molar-refractivity contribution in [3.63, 3.8) is 0 Å². The predicted molar refractivity (Wildman–Crippen MR) is 97.7 cm³/mol. The average Bonchev–Trinajstić information content (AvgIpc) is 3.03. The van der Waals surface area contributed by atoms with Gasteiger partial charge in [0, 0.05) is 44.6 Å². The Hall–Kier alpha value is -1.49. The lowest BCUT2D eigenvalue weighted by Crippen LogP contribution is -2.48. The molecule has 0 radical (unpaired) electrons. The zero-order valence-corrected chi connectivity index (χ0v) is 15.2. The summed E-state index contributed by atoms with van der Waals surface area (Å²) >= 11 is 1.80. The van der Waals surface area contributed by atoms with Crippen LogP contribution >= 0.6 is 11.8 Å². The molecular formula is C19H26N2O2S. The van der Waals surface area contributed by atoms with Crippen molar-refractivity contribution in [2.75, 3.05) is 32.4 Å². The highest BCUT2D eigenvalue weighted by atomic mass is 32.2. The van der Waals surface area contributed by atoms with E-state index in [1.807, 2.05) is 35.0 Å². The van der Waals surface area contributed by atoms with Crippen molar-refractivity contribution in [3.8, 4) is 0 Å². The number of piperidine rings is 1. The number of nitrogens with zero attached hydrogens (tertiary/aromatic N) is 2. The molecule has 4 nitrogen and oxygen atoms in total. The molecule has 0 aliphatic carbocycles. The molecule has 5 heteroatoms. The summed E-state index contributed by atoms with van der Waals surface area (Å²) in [5.41, 5.74) is 1.01. The second-order valence-corrected chi connectivity index (χ2v) is 8.07. The molecule has 2 aliphatic rings. The van der Waals surface area contributed by atoms with Gasteiger partial charge in [-0.05, 0) is 24.8 Å². The monoisotopic (exact) mass is 346 g/mol. The average molecular weight is 346 g/mol. The lowest BCUT2D eigenvalue weighted by molar-refractivity contribution is -0.144. The third kappa shape index (κ3) is 3.77. The second-order valence-electron chi connectivity index (χ2n) is 6.96. The molecule has 0 aromatic heterocycles. The van der Waals surface area contributed by atoms with E-state index in [1.54, 1.807) is 11.8 Å². The van der Waals surface area contributed by atoms with Crippen LogP contribution in [0.3, 0.4) is 0 Å². The Kier molecular flexibility index (Phi) is 5.49. The molecule has 1 aromatic carbocycles. The Morgan fingerprint density at radius 2 is 2.00 bits per heavy atom. The van der Waals surface area contributed by atoms with E-state index < -0.39 is 0 Å². The van der Waals surface area contributed by atoms with Crippen molar-refractivity contribution in [2.45, 2.75) is 31.4 Å². The van der Waals surface area contributed by atoms with Gasteiger partial charge in [0.2, 0.25) is 11.8 Å². The summed E-state index contributed by atoms with van der Waals surface area (Å²) in [5, 5.41) is 0. The molecule has 3 rings (SSSR count). The number of carbonyl (C=O) groups excluding carboxylic acids is 2. The Bertz CT molecular complexity index is 592. The van der Waals surface area contributed by atoms with Crippen molar-refractivity contribution in [1.82, 2.24) is 9.80 Å². The number of carbonyl (C=O) groups is 2. The van der Waals surface area contributed by atoms with Gasteiger partial charge >= 0.3 is 0 Å². The van der Waals surface area contributed by atoms with Crippen molar-refractivity contribution in [2.24, 2.45) is 5.41 Å². The smallest absolute Gasteiger partial charge is 0.230 e. The molecule has 2 saturated heterocycles. The lowest BCUT2D eigenvalue weighted by atomic mass is 9.78. The highest BCUT2D eigenvalue weighted by Crippen LogP contribution is 2.39. The maximum Gasteiger partial charge on any atom is 0.230 e. The topological polar surface area (TPSA) is 40.6 Å². The maximum absolute atomic E-state index is 12.5. The summed E-state index contributed by atoms with van der Waals surface area (Å²) in [4.78, 5) is 28.7. The van der Waals surface area contributed by atoms with Crippen LogP contribution in [0.1, 0.15) is 31.2 Å². The summed E-state index contributed by atoms with van der Waals surface area (Å²) in [6, 6.07) is 10.3. The SMILES string of the molecule is CN1CCCC2(CCN(C(=O)CCSCc3ccccc3)C2)C1=O. The van der Waals surface area contributed by atoms with Crippen molar-refractivity contribution < 1.29 is 9.59 Å². The van der Waals surface area contributed by atoms with E-state index >= 15 is 0 Å². The van der Waals surface area contributed by atoms with E-state index in [-0.39, 0.29) is 17.2 Å². The molecule has 0 bridgehead atoms. The number of hydrogen-bond donors (Lipinski definition) is 0. The molecule has 1 atom stereocenters. The number of thioether (sulfide) groups is 1. The van der Waals surface area contributed by atoms with Crippen molar-refractivity contribution in [3.05, 3.63) is 35.9 Å². The fraction of sp³-hybridized carbons (Fsp3) is 0.579. The molecule has 0 N–H and O–H groups in total. The van der Waals surface area contributed by atoms with Gasteiger partial charge in [-0.1, -0.05) is 30.3 Å². The van der Waals surface area contributed by atoms with Crippen LogP contribution in [0, 0.1) is 5.41 Å².